The predicted octanol–water partition coefficient (Wildman–Crippen LogP) is 2.28. The SMILES string of the molecule is CCN(CCC#N)C(=O)CC1CCSCC1. The fourth-order valence-electron chi connectivity index (χ4n) is 1.97. The first-order valence-corrected chi connectivity index (χ1v) is 7.15. The summed E-state index contributed by atoms with van der Waals surface area (Å²) < 4.78 is 0. The van der Waals surface area contributed by atoms with E-state index in [1.165, 1.54) is 24.3 Å². The number of nitriles is 1. The molecule has 16 heavy (non-hydrogen) atoms. The lowest BCUT2D eigenvalue weighted by atomic mass is 9.98. The Morgan fingerprint density at radius 2 is 2.19 bits per heavy atom. The van der Waals surface area contributed by atoms with E-state index in [1.807, 2.05) is 23.6 Å². The van der Waals surface area contributed by atoms with Crippen LogP contribution in [0.1, 0.15) is 32.6 Å². The van der Waals surface area contributed by atoms with Crippen molar-refractivity contribution in [3.05, 3.63) is 0 Å². The van der Waals surface area contributed by atoms with Gasteiger partial charge in [-0.3, -0.25) is 4.79 Å². The highest BCUT2D eigenvalue weighted by Gasteiger charge is 2.20. The van der Waals surface area contributed by atoms with Gasteiger partial charge in [0.1, 0.15) is 0 Å². The van der Waals surface area contributed by atoms with Gasteiger partial charge in [-0.25, -0.2) is 0 Å². The zero-order valence-electron chi connectivity index (χ0n) is 9.95. The minimum Gasteiger partial charge on any atom is -0.342 e. The lowest BCUT2D eigenvalue weighted by Crippen LogP contribution is -2.33. The molecule has 3 nitrogen and oxygen atoms in total. The lowest BCUT2D eigenvalue weighted by molar-refractivity contribution is -0.132. The number of thioether (sulfide) groups is 1. The van der Waals surface area contributed by atoms with Crippen LogP contribution in [0.4, 0.5) is 0 Å². The molecule has 0 bridgehead atoms. The number of hydrogen-bond acceptors (Lipinski definition) is 3. The molecule has 1 aliphatic heterocycles. The molecule has 0 aromatic heterocycles. The Hall–Kier alpha value is -0.690. The summed E-state index contributed by atoms with van der Waals surface area (Å²) in [5.41, 5.74) is 0. The quantitative estimate of drug-likeness (QED) is 0.740. The van der Waals surface area contributed by atoms with Gasteiger partial charge in [0.15, 0.2) is 0 Å². The van der Waals surface area contributed by atoms with Crippen LogP contribution in [0.3, 0.4) is 0 Å². The minimum absolute atomic E-state index is 0.231. The van der Waals surface area contributed by atoms with Crippen LogP contribution in [-0.4, -0.2) is 35.4 Å². The van der Waals surface area contributed by atoms with Gasteiger partial charge in [-0.2, -0.15) is 17.0 Å². The van der Waals surface area contributed by atoms with E-state index in [4.69, 9.17) is 5.26 Å². The maximum absolute atomic E-state index is 12.0. The van der Waals surface area contributed by atoms with E-state index in [0.717, 1.165) is 6.54 Å². The molecule has 0 unspecified atom stereocenters. The summed E-state index contributed by atoms with van der Waals surface area (Å²) in [5.74, 6) is 3.20. The summed E-state index contributed by atoms with van der Waals surface area (Å²) in [5, 5.41) is 8.52. The second-order valence-electron chi connectivity index (χ2n) is 4.14. The number of carbonyl (C=O) groups is 1. The fourth-order valence-corrected chi connectivity index (χ4v) is 3.17. The van der Waals surface area contributed by atoms with Crippen LogP contribution in [-0.2, 0) is 4.79 Å². The maximum atomic E-state index is 12.0. The first kappa shape index (κ1) is 13.4. The highest BCUT2D eigenvalue weighted by Crippen LogP contribution is 2.25. The van der Waals surface area contributed by atoms with Crippen molar-refractivity contribution in [2.24, 2.45) is 5.92 Å². The number of nitrogens with zero attached hydrogens (tertiary/aromatic N) is 2. The summed E-state index contributed by atoms with van der Waals surface area (Å²) in [6, 6.07) is 2.09. The van der Waals surface area contributed by atoms with Crippen LogP contribution < -0.4 is 0 Å². The molecule has 1 aliphatic rings. The number of carbonyl (C=O) groups excluding carboxylic acids is 1. The molecule has 0 aromatic rings. The fraction of sp³-hybridized carbons (Fsp3) is 0.833. The van der Waals surface area contributed by atoms with E-state index < -0.39 is 0 Å². The summed E-state index contributed by atoms with van der Waals surface area (Å²) in [6.07, 6.45) is 3.47. The standard InChI is InChI=1S/C12H20N2OS/c1-2-14(7-3-6-13)12(15)10-11-4-8-16-9-5-11/h11H,2-5,7-10H2,1H3. The Kier molecular flexibility index (Phi) is 6.32. The molecule has 90 valence electrons. The summed E-state index contributed by atoms with van der Waals surface area (Å²) in [7, 11) is 0. The van der Waals surface area contributed by atoms with Crippen molar-refractivity contribution < 1.29 is 4.79 Å². The van der Waals surface area contributed by atoms with E-state index in [2.05, 4.69) is 6.07 Å². The molecule has 0 radical (unpaired) electrons. The topological polar surface area (TPSA) is 44.1 Å². The van der Waals surface area contributed by atoms with Gasteiger partial charge in [-0.1, -0.05) is 0 Å². The van der Waals surface area contributed by atoms with Crippen molar-refractivity contribution in [3.63, 3.8) is 0 Å². The Morgan fingerprint density at radius 1 is 1.50 bits per heavy atom. The minimum atomic E-state index is 0.231. The first-order valence-electron chi connectivity index (χ1n) is 6.00. The summed E-state index contributed by atoms with van der Waals surface area (Å²) >= 11 is 1.99. The van der Waals surface area contributed by atoms with Crippen LogP contribution in [0.25, 0.3) is 0 Å². The Balaban J connectivity index is 2.33. The largest absolute Gasteiger partial charge is 0.342 e. The molecule has 1 rings (SSSR count). The lowest BCUT2D eigenvalue weighted by Gasteiger charge is -2.25. The van der Waals surface area contributed by atoms with E-state index >= 15 is 0 Å². The predicted molar refractivity (Wildman–Crippen MR) is 67.2 cm³/mol. The van der Waals surface area contributed by atoms with Gasteiger partial charge in [0, 0.05) is 19.5 Å². The van der Waals surface area contributed by atoms with E-state index in [0.29, 0.717) is 25.3 Å². The third-order valence-corrected chi connectivity index (χ3v) is 4.08. The molecule has 1 fully saturated rings. The number of rotatable bonds is 5. The zero-order valence-corrected chi connectivity index (χ0v) is 10.8. The van der Waals surface area contributed by atoms with Crippen LogP contribution in [0.2, 0.25) is 0 Å². The Labute approximate surface area is 102 Å². The average molecular weight is 240 g/mol. The third kappa shape index (κ3) is 4.44. The number of hydrogen-bond donors (Lipinski definition) is 0. The maximum Gasteiger partial charge on any atom is 0.222 e. The van der Waals surface area contributed by atoms with Crippen LogP contribution in [0, 0.1) is 17.2 Å². The Morgan fingerprint density at radius 3 is 2.75 bits per heavy atom. The van der Waals surface area contributed by atoms with Crippen molar-refractivity contribution in [1.29, 1.82) is 5.26 Å². The summed E-state index contributed by atoms with van der Waals surface area (Å²) in [4.78, 5) is 13.8. The molecule has 0 aromatic carbocycles. The Bertz CT molecular complexity index is 256. The second-order valence-corrected chi connectivity index (χ2v) is 5.37. The van der Waals surface area contributed by atoms with Crippen molar-refractivity contribution in [3.8, 4) is 6.07 Å². The zero-order chi connectivity index (χ0) is 11.8. The highest BCUT2D eigenvalue weighted by atomic mass is 32.2. The average Bonchev–Trinajstić information content (AvgIpc) is 2.31. The second kappa shape index (κ2) is 7.56. The third-order valence-electron chi connectivity index (χ3n) is 3.03. The smallest absolute Gasteiger partial charge is 0.222 e. The van der Waals surface area contributed by atoms with E-state index in [1.54, 1.807) is 0 Å². The van der Waals surface area contributed by atoms with Gasteiger partial charge in [-0.05, 0) is 37.2 Å². The molecule has 0 atom stereocenters. The van der Waals surface area contributed by atoms with Crippen LogP contribution >= 0.6 is 11.8 Å². The summed E-state index contributed by atoms with van der Waals surface area (Å²) in [6.45, 7) is 3.29. The normalized spacial score (nSPS) is 16.8. The van der Waals surface area contributed by atoms with Gasteiger partial charge in [-0.15, -0.1) is 0 Å². The number of amides is 1. The first-order chi connectivity index (χ1) is 7.77. The van der Waals surface area contributed by atoms with Crippen molar-refractivity contribution in [1.82, 2.24) is 4.90 Å². The molecule has 0 spiro atoms. The highest BCUT2D eigenvalue weighted by molar-refractivity contribution is 7.99. The molecule has 0 aliphatic carbocycles. The molecule has 0 N–H and O–H groups in total. The molecule has 4 heteroatoms. The van der Waals surface area contributed by atoms with E-state index in [9.17, 15) is 4.79 Å². The molecule has 1 amide bonds. The van der Waals surface area contributed by atoms with Gasteiger partial charge in [0.05, 0.1) is 12.5 Å². The van der Waals surface area contributed by atoms with E-state index in [-0.39, 0.29) is 5.91 Å². The van der Waals surface area contributed by atoms with Crippen LogP contribution in [0.15, 0.2) is 0 Å². The van der Waals surface area contributed by atoms with Crippen molar-refractivity contribution >= 4 is 17.7 Å². The molecule has 1 heterocycles. The van der Waals surface area contributed by atoms with Gasteiger partial charge < -0.3 is 4.90 Å². The molecular weight excluding hydrogens is 220 g/mol. The van der Waals surface area contributed by atoms with Crippen LogP contribution in [0.5, 0.6) is 0 Å². The molecular formula is C12H20N2OS. The van der Waals surface area contributed by atoms with Gasteiger partial charge >= 0.3 is 0 Å². The monoisotopic (exact) mass is 240 g/mol. The van der Waals surface area contributed by atoms with Gasteiger partial charge in [0.2, 0.25) is 5.91 Å². The van der Waals surface area contributed by atoms with Gasteiger partial charge in [0.25, 0.3) is 0 Å². The van der Waals surface area contributed by atoms with Crippen molar-refractivity contribution in [2.75, 3.05) is 24.6 Å². The molecule has 0 saturated carbocycles. The molecule has 1 saturated heterocycles. The van der Waals surface area contributed by atoms with Crippen molar-refractivity contribution in [2.45, 2.75) is 32.6 Å².